The largest absolute Gasteiger partial charge is 0.496 e. The highest BCUT2D eigenvalue weighted by Crippen LogP contribution is 2.24. The third-order valence-corrected chi connectivity index (χ3v) is 2.20. The van der Waals surface area contributed by atoms with Crippen LogP contribution in [0.1, 0.15) is 18.5 Å². The van der Waals surface area contributed by atoms with E-state index in [0.29, 0.717) is 13.2 Å². The van der Waals surface area contributed by atoms with Gasteiger partial charge in [0, 0.05) is 12.2 Å². The Hall–Kier alpha value is -1.10. The minimum Gasteiger partial charge on any atom is -0.496 e. The van der Waals surface area contributed by atoms with Crippen molar-refractivity contribution in [3.05, 3.63) is 29.8 Å². The van der Waals surface area contributed by atoms with Crippen molar-refractivity contribution in [1.82, 2.24) is 5.43 Å². The molecule has 84 valence electrons. The molecule has 0 radical (unpaired) electrons. The predicted molar refractivity (Wildman–Crippen MR) is 59.6 cm³/mol. The van der Waals surface area contributed by atoms with Crippen LogP contribution in [0, 0.1) is 0 Å². The Bertz CT molecular complexity index is 292. The second kappa shape index (κ2) is 6.40. The summed E-state index contributed by atoms with van der Waals surface area (Å²) >= 11 is 0. The SMILES string of the molecule is CCOCC(NN)c1ccccc1OC. The second-order valence-corrected chi connectivity index (χ2v) is 3.12. The second-order valence-electron chi connectivity index (χ2n) is 3.12. The van der Waals surface area contributed by atoms with Gasteiger partial charge in [-0.3, -0.25) is 11.3 Å². The summed E-state index contributed by atoms with van der Waals surface area (Å²) in [5, 5.41) is 0. The normalized spacial score (nSPS) is 12.5. The topological polar surface area (TPSA) is 56.5 Å². The summed E-state index contributed by atoms with van der Waals surface area (Å²) in [6, 6.07) is 7.72. The van der Waals surface area contributed by atoms with Gasteiger partial charge in [-0.2, -0.15) is 0 Å². The van der Waals surface area contributed by atoms with Crippen molar-refractivity contribution >= 4 is 0 Å². The smallest absolute Gasteiger partial charge is 0.123 e. The van der Waals surface area contributed by atoms with E-state index in [0.717, 1.165) is 11.3 Å². The van der Waals surface area contributed by atoms with Crippen LogP contribution in [0.3, 0.4) is 0 Å². The van der Waals surface area contributed by atoms with E-state index < -0.39 is 0 Å². The van der Waals surface area contributed by atoms with Crippen molar-refractivity contribution in [3.8, 4) is 5.75 Å². The summed E-state index contributed by atoms with van der Waals surface area (Å²) in [5.41, 5.74) is 3.73. The van der Waals surface area contributed by atoms with Gasteiger partial charge in [-0.1, -0.05) is 18.2 Å². The zero-order valence-corrected chi connectivity index (χ0v) is 9.19. The maximum absolute atomic E-state index is 5.48. The number of benzene rings is 1. The lowest BCUT2D eigenvalue weighted by Crippen LogP contribution is -2.31. The predicted octanol–water partition coefficient (Wildman–Crippen LogP) is 1.24. The molecule has 0 saturated heterocycles. The lowest BCUT2D eigenvalue weighted by Gasteiger charge is -2.18. The zero-order chi connectivity index (χ0) is 11.1. The quantitative estimate of drug-likeness (QED) is 0.548. The van der Waals surface area contributed by atoms with E-state index in [1.807, 2.05) is 31.2 Å². The van der Waals surface area contributed by atoms with E-state index in [9.17, 15) is 0 Å². The molecule has 1 atom stereocenters. The van der Waals surface area contributed by atoms with Crippen LogP contribution in [0.4, 0.5) is 0 Å². The minimum atomic E-state index is -0.0406. The molecule has 0 aromatic heterocycles. The number of para-hydroxylation sites is 1. The molecule has 0 fully saturated rings. The van der Waals surface area contributed by atoms with Crippen LogP contribution in [-0.4, -0.2) is 20.3 Å². The maximum atomic E-state index is 5.48. The average molecular weight is 210 g/mol. The fourth-order valence-corrected chi connectivity index (χ4v) is 1.42. The molecule has 1 unspecified atom stereocenters. The van der Waals surface area contributed by atoms with Gasteiger partial charge < -0.3 is 9.47 Å². The number of rotatable bonds is 6. The van der Waals surface area contributed by atoms with Gasteiger partial charge in [-0.15, -0.1) is 0 Å². The summed E-state index contributed by atoms with van der Waals surface area (Å²) in [5.74, 6) is 6.30. The van der Waals surface area contributed by atoms with E-state index in [1.165, 1.54) is 0 Å². The van der Waals surface area contributed by atoms with Crippen LogP contribution < -0.4 is 16.0 Å². The van der Waals surface area contributed by atoms with Gasteiger partial charge in [0.15, 0.2) is 0 Å². The van der Waals surface area contributed by atoms with E-state index >= 15 is 0 Å². The third kappa shape index (κ3) is 3.20. The molecule has 0 spiro atoms. The zero-order valence-electron chi connectivity index (χ0n) is 9.19. The number of hydrogen-bond acceptors (Lipinski definition) is 4. The molecule has 0 amide bonds. The van der Waals surface area contributed by atoms with E-state index in [-0.39, 0.29) is 6.04 Å². The molecule has 0 bridgehead atoms. The first kappa shape index (κ1) is 12.0. The van der Waals surface area contributed by atoms with Crippen LogP contribution in [0.15, 0.2) is 24.3 Å². The Balaban J connectivity index is 2.80. The number of nitrogens with one attached hydrogen (secondary N) is 1. The molecular formula is C11H18N2O2. The molecule has 0 heterocycles. The monoisotopic (exact) mass is 210 g/mol. The molecule has 4 heteroatoms. The lowest BCUT2D eigenvalue weighted by atomic mass is 10.1. The Morgan fingerprint density at radius 1 is 1.40 bits per heavy atom. The van der Waals surface area contributed by atoms with Crippen LogP contribution in [-0.2, 0) is 4.74 Å². The van der Waals surface area contributed by atoms with Crippen LogP contribution in [0.2, 0.25) is 0 Å². The van der Waals surface area contributed by atoms with Crippen molar-refractivity contribution in [2.75, 3.05) is 20.3 Å². The Kier molecular flexibility index (Phi) is 5.10. The molecule has 0 aliphatic heterocycles. The highest BCUT2D eigenvalue weighted by Gasteiger charge is 2.13. The van der Waals surface area contributed by atoms with E-state index in [4.69, 9.17) is 15.3 Å². The van der Waals surface area contributed by atoms with Crippen LogP contribution in [0.5, 0.6) is 5.75 Å². The molecule has 1 rings (SSSR count). The average Bonchev–Trinajstić information content (AvgIpc) is 2.30. The lowest BCUT2D eigenvalue weighted by molar-refractivity contribution is 0.122. The van der Waals surface area contributed by atoms with Gasteiger partial charge in [-0.25, -0.2) is 0 Å². The van der Waals surface area contributed by atoms with Crippen molar-refractivity contribution in [2.45, 2.75) is 13.0 Å². The number of methoxy groups -OCH3 is 1. The molecule has 3 N–H and O–H groups in total. The molecule has 1 aromatic rings. The molecular weight excluding hydrogens is 192 g/mol. The van der Waals surface area contributed by atoms with Crippen molar-refractivity contribution in [3.63, 3.8) is 0 Å². The maximum Gasteiger partial charge on any atom is 0.123 e. The third-order valence-electron chi connectivity index (χ3n) is 2.20. The van der Waals surface area contributed by atoms with Gasteiger partial charge >= 0.3 is 0 Å². The Morgan fingerprint density at radius 2 is 2.13 bits per heavy atom. The Labute approximate surface area is 90.3 Å². The van der Waals surface area contributed by atoms with E-state index in [1.54, 1.807) is 7.11 Å². The number of nitrogens with two attached hydrogens (primary N) is 1. The van der Waals surface area contributed by atoms with Crippen molar-refractivity contribution in [1.29, 1.82) is 0 Å². The Morgan fingerprint density at radius 3 is 2.73 bits per heavy atom. The first-order chi connectivity index (χ1) is 7.33. The summed E-state index contributed by atoms with van der Waals surface area (Å²) in [6.07, 6.45) is 0. The fraction of sp³-hybridized carbons (Fsp3) is 0.455. The molecule has 4 nitrogen and oxygen atoms in total. The molecule has 0 aliphatic carbocycles. The number of hydrazine groups is 1. The summed E-state index contributed by atoms with van der Waals surface area (Å²) in [7, 11) is 1.65. The van der Waals surface area contributed by atoms with Crippen LogP contribution >= 0.6 is 0 Å². The van der Waals surface area contributed by atoms with E-state index in [2.05, 4.69) is 5.43 Å². The number of hydrogen-bond donors (Lipinski definition) is 2. The van der Waals surface area contributed by atoms with Crippen molar-refractivity contribution in [2.24, 2.45) is 5.84 Å². The first-order valence-electron chi connectivity index (χ1n) is 5.00. The highest BCUT2D eigenvalue weighted by atomic mass is 16.5. The minimum absolute atomic E-state index is 0.0406. The summed E-state index contributed by atoms with van der Waals surface area (Å²) < 4.78 is 10.6. The van der Waals surface area contributed by atoms with Gasteiger partial charge in [0.1, 0.15) is 5.75 Å². The van der Waals surface area contributed by atoms with Gasteiger partial charge in [0.2, 0.25) is 0 Å². The van der Waals surface area contributed by atoms with Crippen LogP contribution in [0.25, 0.3) is 0 Å². The standard InChI is InChI=1S/C11H18N2O2/c1-3-15-8-10(13-12)9-6-4-5-7-11(9)14-2/h4-7,10,13H,3,8,12H2,1-2H3. The van der Waals surface area contributed by atoms with Gasteiger partial charge in [0.25, 0.3) is 0 Å². The van der Waals surface area contributed by atoms with Crippen molar-refractivity contribution < 1.29 is 9.47 Å². The molecule has 0 aliphatic rings. The molecule has 15 heavy (non-hydrogen) atoms. The van der Waals surface area contributed by atoms with Gasteiger partial charge in [-0.05, 0) is 13.0 Å². The summed E-state index contributed by atoms with van der Waals surface area (Å²) in [6.45, 7) is 3.16. The fourth-order valence-electron chi connectivity index (χ4n) is 1.42. The first-order valence-corrected chi connectivity index (χ1v) is 5.00. The highest BCUT2D eigenvalue weighted by molar-refractivity contribution is 5.35. The molecule has 0 saturated carbocycles. The number of ether oxygens (including phenoxy) is 2. The summed E-state index contributed by atoms with van der Waals surface area (Å²) in [4.78, 5) is 0. The van der Waals surface area contributed by atoms with Gasteiger partial charge in [0.05, 0.1) is 19.8 Å². The molecule has 1 aromatic carbocycles.